The highest BCUT2D eigenvalue weighted by molar-refractivity contribution is 5.91. The summed E-state index contributed by atoms with van der Waals surface area (Å²) < 4.78 is 23.9. The van der Waals surface area contributed by atoms with Crippen molar-refractivity contribution in [2.45, 2.75) is 0 Å². The Kier molecular flexibility index (Phi) is 5.12. The van der Waals surface area contributed by atoms with Crippen LogP contribution in [-0.4, -0.2) is 42.0 Å². The Labute approximate surface area is 166 Å². The maximum Gasteiger partial charge on any atom is 0.289 e. The van der Waals surface area contributed by atoms with Crippen LogP contribution in [0, 0.1) is 17.1 Å². The van der Waals surface area contributed by atoms with Crippen LogP contribution >= 0.6 is 0 Å². The van der Waals surface area contributed by atoms with Gasteiger partial charge in [-0.3, -0.25) is 4.79 Å². The third-order valence-corrected chi connectivity index (χ3v) is 4.61. The Morgan fingerprint density at radius 1 is 1.14 bits per heavy atom. The Hall–Kier alpha value is -3.86. The summed E-state index contributed by atoms with van der Waals surface area (Å²) in [4.78, 5) is 20.2. The van der Waals surface area contributed by atoms with Gasteiger partial charge in [0.1, 0.15) is 11.9 Å². The van der Waals surface area contributed by atoms with E-state index in [1.807, 2.05) is 11.0 Å². The number of amides is 1. The van der Waals surface area contributed by atoms with Crippen LogP contribution in [0.25, 0.3) is 12.2 Å². The Morgan fingerprint density at radius 2 is 1.90 bits per heavy atom. The Balaban J connectivity index is 1.44. The molecule has 1 aliphatic heterocycles. The third kappa shape index (κ3) is 4.04. The number of hydrogen-bond acceptors (Lipinski definition) is 6. The van der Waals surface area contributed by atoms with Gasteiger partial charge in [0.25, 0.3) is 5.91 Å². The number of furan rings is 1. The number of piperazine rings is 1. The predicted molar refractivity (Wildman–Crippen MR) is 103 cm³/mol. The van der Waals surface area contributed by atoms with E-state index in [9.17, 15) is 14.4 Å². The fourth-order valence-corrected chi connectivity index (χ4v) is 3.10. The van der Waals surface area contributed by atoms with Crippen molar-refractivity contribution in [2.24, 2.45) is 0 Å². The normalized spacial score (nSPS) is 14.3. The monoisotopic (exact) mass is 392 g/mol. The highest BCUT2D eigenvalue weighted by atomic mass is 19.1. The van der Waals surface area contributed by atoms with E-state index >= 15 is 0 Å². The molecule has 0 bridgehead atoms. The van der Waals surface area contributed by atoms with Gasteiger partial charge in [-0.05, 0) is 35.9 Å². The molecular weight excluding hydrogens is 375 g/mol. The number of oxazole rings is 1. The summed E-state index contributed by atoms with van der Waals surface area (Å²) in [6, 6.07) is 11.4. The minimum absolute atomic E-state index is 0.157. The Morgan fingerprint density at radius 3 is 2.55 bits per heavy atom. The summed E-state index contributed by atoms with van der Waals surface area (Å²) in [5, 5.41) is 9.40. The van der Waals surface area contributed by atoms with Gasteiger partial charge in [-0.1, -0.05) is 12.1 Å². The van der Waals surface area contributed by atoms with Gasteiger partial charge in [0.15, 0.2) is 5.76 Å². The van der Waals surface area contributed by atoms with Gasteiger partial charge < -0.3 is 18.6 Å². The van der Waals surface area contributed by atoms with Crippen LogP contribution in [0.2, 0.25) is 0 Å². The highest BCUT2D eigenvalue weighted by Crippen LogP contribution is 2.24. The first kappa shape index (κ1) is 18.5. The summed E-state index contributed by atoms with van der Waals surface area (Å²) in [6.07, 6.45) is 4.84. The summed E-state index contributed by atoms with van der Waals surface area (Å²) in [5.74, 6) is 0.517. The van der Waals surface area contributed by atoms with Gasteiger partial charge >= 0.3 is 0 Å². The van der Waals surface area contributed by atoms with E-state index in [1.165, 1.54) is 18.4 Å². The van der Waals surface area contributed by atoms with Crippen LogP contribution in [0.1, 0.15) is 27.7 Å². The topological polar surface area (TPSA) is 86.5 Å². The van der Waals surface area contributed by atoms with Crippen molar-refractivity contribution in [2.75, 3.05) is 31.1 Å². The number of anilines is 1. The van der Waals surface area contributed by atoms with Gasteiger partial charge in [-0.25, -0.2) is 4.39 Å². The lowest BCUT2D eigenvalue weighted by molar-refractivity contribution is 0.0713. The van der Waals surface area contributed by atoms with Crippen molar-refractivity contribution < 1.29 is 18.0 Å². The molecule has 1 aliphatic rings. The average molecular weight is 392 g/mol. The minimum Gasteiger partial charge on any atom is -0.459 e. The number of rotatable bonds is 4. The lowest BCUT2D eigenvalue weighted by atomic mass is 10.2. The third-order valence-electron chi connectivity index (χ3n) is 4.61. The van der Waals surface area contributed by atoms with E-state index in [1.54, 1.807) is 41.3 Å². The molecule has 2 aromatic heterocycles. The number of halogens is 1. The second-order valence-corrected chi connectivity index (χ2v) is 6.46. The molecule has 0 spiro atoms. The van der Waals surface area contributed by atoms with Crippen molar-refractivity contribution in [1.29, 1.82) is 5.26 Å². The minimum atomic E-state index is -0.308. The predicted octanol–water partition coefficient (Wildman–Crippen LogP) is 3.41. The van der Waals surface area contributed by atoms with E-state index in [4.69, 9.17) is 8.83 Å². The maximum absolute atomic E-state index is 13.0. The van der Waals surface area contributed by atoms with Crippen molar-refractivity contribution in [3.8, 4) is 6.07 Å². The quantitative estimate of drug-likeness (QED) is 0.676. The van der Waals surface area contributed by atoms with Crippen LogP contribution in [0.3, 0.4) is 0 Å². The standard InChI is InChI=1S/C21H17FN4O3/c22-16-6-3-15(4-7-16)5-8-19-24-17(14-23)21(29-19)26-11-9-25(10-12-26)20(27)18-2-1-13-28-18/h1-8,13H,9-12H2/b8-5+. The van der Waals surface area contributed by atoms with Crippen molar-refractivity contribution in [3.05, 3.63) is 71.4 Å². The lowest BCUT2D eigenvalue weighted by Crippen LogP contribution is -2.48. The van der Waals surface area contributed by atoms with E-state index in [0.717, 1.165) is 5.56 Å². The van der Waals surface area contributed by atoms with E-state index in [2.05, 4.69) is 4.98 Å². The number of carbonyl (C=O) groups is 1. The largest absolute Gasteiger partial charge is 0.459 e. The van der Waals surface area contributed by atoms with Crippen LogP contribution < -0.4 is 4.90 Å². The molecule has 0 saturated carbocycles. The number of carbonyl (C=O) groups excluding carboxylic acids is 1. The molecule has 1 saturated heterocycles. The molecule has 0 aliphatic carbocycles. The summed E-state index contributed by atoms with van der Waals surface area (Å²) in [7, 11) is 0. The van der Waals surface area contributed by atoms with E-state index < -0.39 is 0 Å². The van der Waals surface area contributed by atoms with Gasteiger partial charge in [-0.2, -0.15) is 10.2 Å². The molecule has 0 atom stereocenters. The molecule has 3 heterocycles. The number of aromatic nitrogens is 1. The lowest BCUT2D eigenvalue weighted by Gasteiger charge is -2.34. The van der Waals surface area contributed by atoms with Crippen LogP contribution in [0.4, 0.5) is 10.3 Å². The SMILES string of the molecule is N#Cc1nc(/C=C/c2ccc(F)cc2)oc1N1CCN(C(=O)c2ccco2)CC1. The first-order valence-electron chi connectivity index (χ1n) is 9.06. The highest BCUT2D eigenvalue weighted by Gasteiger charge is 2.27. The zero-order valence-electron chi connectivity index (χ0n) is 15.4. The summed E-state index contributed by atoms with van der Waals surface area (Å²) in [5.41, 5.74) is 0.976. The molecule has 1 aromatic carbocycles. The first-order chi connectivity index (χ1) is 14.1. The van der Waals surface area contributed by atoms with Crippen molar-refractivity contribution in [3.63, 3.8) is 0 Å². The fraction of sp³-hybridized carbons (Fsp3) is 0.190. The van der Waals surface area contributed by atoms with Crippen LogP contribution in [-0.2, 0) is 0 Å². The number of hydrogen-bond donors (Lipinski definition) is 0. The zero-order chi connectivity index (χ0) is 20.2. The maximum atomic E-state index is 13.0. The number of benzene rings is 1. The molecule has 0 radical (unpaired) electrons. The van der Waals surface area contributed by atoms with Crippen molar-refractivity contribution >= 4 is 23.9 Å². The van der Waals surface area contributed by atoms with Crippen molar-refractivity contribution in [1.82, 2.24) is 9.88 Å². The molecule has 29 heavy (non-hydrogen) atoms. The molecule has 3 aromatic rings. The molecular formula is C21H17FN4O3. The molecule has 1 amide bonds. The molecule has 0 N–H and O–H groups in total. The first-order valence-corrected chi connectivity index (χ1v) is 9.06. The number of nitrogens with zero attached hydrogens (tertiary/aromatic N) is 4. The van der Waals surface area contributed by atoms with Crippen LogP contribution in [0.5, 0.6) is 0 Å². The van der Waals surface area contributed by atoms with Gasteiger partial charge in [0.2, 0.25) is 17.5 Å². The van der Waals surface area contributed by atoms with Gasteiger partial charge in [0.05, 0.1) is 6.26 Å². The second-order valence-electron chi connectivity index (χ2n) is 6.46. The summed E-state index contributed by atoms with van der Waals surface area (Å²) in [6.45, 7) is 1.98. The molecule has 7 nitrogen and oxygen atoms in total. The number of nitriles is 1. The van der Waals surface area contributed by atoms with Crippen LogP contribution in [0.15, 0.2) is 51.5 Å². The Bertz CT molecular complexity index is 1060. The van der Waals surface area contributed by atoms with Gasteiger partial charge in [-0.15, -0.1) is 0 Å². The molecule has 4 rings (SSSR count). The van der Waals surface area contributed by atoms with Gasteiger partial charge in [0, 0.05) is 32.3 Å². The second kappa shape index (κ2) is 8.02. The molecule has 146 valence electrons. The van der Waals surface area contributed by atoms with E-state index in [-0.39, 0.29) is 23.3 Å². The molecule has 1 fully saturated rings. The van der Waals surface area contributed by atoms with E-state index in [0.29, 0.717) is 37.8 Å². The average Bonchev–Trinajstić information content (AvgIpc) is 3.43. The zero-order valence-corrected chi connectivity index (χ0v) is 15.4. The smallest absolute Gasteiger partial charge is 0.289 e. The summed E-state index contributed by atoms with van der Waals surface area (Å²) >= 11 is 0. The fourth-order valence-electron chi connectivity index (χ4n) is 3.10. The molecule has 0 unspecified atom stereocenters. The molecule has 8 heteroatoms.